The van der Waals surface area contributed by atoms with Gasteiger partial charge >= 0.3 is 7.60 Å². The third-order valence-corrected chi connectivity index (χ3v) is 2.68. The Labute approximate surface area is 73.0 Å². The highest BCUT2D eigenvalue weighted by Crippen LogP contribution is 2.43. The fourth-order valence-electron chi connectivity index (χ4n) is 0.566. The van der Waals surface area contributed by atoms with E-state index < -0.39 is 13.7 Å². The molecule has 0 spiro atoms. The topological polar surface area (TPSA) is 46.5 Å². The molecule has 0 aromatic rings. The van der Waals surface area contributed by atoms with Crippen molar-refractivity contribution in [1.82, 2.24) is 0 Å². The fraction of sp³-hybridized carbons (Fsp3) is 0.500. The Kier molecular flexibility index (Phi) is 4.92. The maximum Gasteiger partial charge on any atom is 0.328 e. The van der Waals surface area contributed by atoms with Gasteiger partial charge in [-0.15, -0.1) is 18.9 Å². The van der Waals surface area contributed by atoms with E-state index in [1.165, 1.54) is 6.08 Å². The van der Waals surface area contributed by atoms with Crippen LogP contribution in [0.15, 0.2) is 12.7 Å². The van der Waals surface area contributed by atoms with Crippen molar-refractivity contribution < 1.29 is 14.0 Å². The summed E-state index contributed by atoms with van der Waals surface area (Å²) in [7, 11) is -3.44. The van der Waals surface area contributed by atoms with Gasteiger partial charge < -0.3 is 9.42 Å². The zero-order valence-corrected chi connectivity index (χ0v) is 7.96. The molecule has 0 aliphatic rings. The van der Waals surface area contributed by atoms with Crippen molar-refractivity contribution in [2.75, 3.05) is 6.16 Å². The van der Waals surface area contributed by atoms with Crippen LogP contribution in [0.2, 0.25) is 0 Å². The van der Waals surface area contributed by atoms with E-state index in [-0.39, 0.29) is 12.6 Å². The van der Waals surface area contributed by atoms with Crippen molar-refractivity contribution in [3.8, 4) is 12.3 Å². The highest BCUT2D eigenvalue weighted by molar-refractivity contribution is 7.52. The molecule has 0 saturated heterocycles. The summed E-state index contributed by atoms with van der Waals surface area (Å²) in [6, 6.07) is 0. The highest BCUT2D eigenvalue weighted by Gasteiger charge is 2.19. The number of terminal acetylenes is 1. The molecule has 0 aliphatic heterocycles. The quantitative estimate of drug-likeness (QED) is 0.406. The third-order valence-electron chi connectivity index (χ3n) is 1.28. The van der Waals surface area contributed by atoms with Crippen molar-refractivity contribution in [1.29, 1.82) is 0 Å². The van der Waals surface area contributed by atoms with Gasteiger partial charge in [0.1, 0.15) is 0 Å². The molecule has 4 heteroatoms. The first-order valence-corrected chi connectivity index (χ1v) is 5.38. The lowest BCUT2D eigenvalue weighted by atomic mass is 10.3. The van der Waals surface area contributed by atoms with Gasteiger partial charge in [0.25, 0.3) is 0 Å². The molecular weight excluding hydrogens is 175 g/mol. The lowest BCUT2D eigenvalue weighted by Gasteiger charge is -2.14. The molecular formula is C8H13O3P. The highest BCUT2D eigenvalue weighted by atomic mass is 31.2. The van der Waals surface area contributed by atoms with Crippen LogP contribution in [-0.2, 0) is 9.09 Å². The summed E-state index contributed by atoms with van der Waals surface area (Å²) < 4.78 is 15.9. The molecule has 0 heterocycles. The Hall–Kier alpha value is -0.550. The van der Waals surface area contributed by atoms with Crippen LogP contribution in [0.3, 0.4) is 0 Å². The van der Waals surface area contributed by atoms with E-state index in [0.29, 0.717) is 0 Å². The van der Waals surface area contributed by atoms with E-state index in [4.69, 9.17) is 15.8 Å². The van der Waals surface area contributed by atoms with E-state index in [1.807, 2.05) is 0 Å². The summed E-state index contributed by atoms with van der Waals surface area (Å²) in [6.07, 6.45) is 6.28. The monoisotopic (exact) mass is 188 g/mol. The molecule has 0 aliphatic carbocycles. The normalized spacial score (nSPS) is 17.4. The van der Waals surface area contributed by atoms with Crippen LogP contribution < -0.4 is 0 Å². The van der Waals surface area contributed by atoms with E-state index >= 15 is 0 Å². The molecule has 1 N–H and O–H groups in total. The molecule has 2 atom stereocenters. The fourth-order valence-corrected chi connectivity index (χ4v) is 1.30. The molecule has 0 aromatic heterocycles. The minimum absolute atomic E-state index is 0.0852. The number of hydrogen-bond donors (Lipinski definition) is 1. The van der Waals surface area contributed by atoms with Crippen LogP contribution in [-0.4, -0.2) is 17.2 Å². The van der Waals surface area contributed by atoms with E-state index in [2.05, 4.69) is 12.5 Å². The molecule has 12 heavy (non-hydrogen) atoms. The summed E-state index contributed by atoms with van der Waals surface area (Å²) in [5.41, 5.74) is 0. The van der Waals surface area contributed by atoms with Crippen LogP contribution >= 0.6 is 7.60 Å². The summed E-state index contributed by atoms with van der Waals surface area (Å²) in [5.74, 6) is 2.34. The Balaban J connectivity index is 4.12. The third kappa shape index (κ3) is 4.35. The first kappa shape index (κ1) is 11.4. The summed E-state index contributed by atoms with van der Waals surface area (Å²) >= 11 is 0. The van der Waals surface area contributed by atoms with E-state index in [1.54, 1.807) is 6.92 Å². The molecule has 0 saturated carbocycles. The zero-order valence-electron chi connectivity index (χ0n) is 7.06. The first-order valence-electron chi connectivity index (χ1n) is 3.62. The average Bonchev–Trinajstić information content (AvgIpc) is 2.03. The van der Waals surface area contributed by atoms with Gasteiger partial charge in [-0.2, -0.15) is 0 Å². The Morgan fingerprint density at radius 1 is 1.92 bits per heavy atom. The number of rotatable bonds is 5. The van der Waals surface area contributed by atoms with Crippen molar-refractivity contribution in [2.24, 2.45) is 0 Å². The minimum atomic E-state index is -3.44. The van der Waals surface area contributed by atoms with Gasteiger partial charge in [-0.25, -0.2) is 0 Å². The predicted octanol–water partition coefficient (Wildman–Crippen LogP) is 1.79. The molecule has 0 aromatic carbocycles. The van der Waals surface area contributed by atoms with Gasteiger partial charge in [0.15, 0.2) is 0 Å². The predicted molar refractivity (Wildman–Crippen MR) is 48.9 cm³/mol. The van der Waals surface area contributed by atoms with Crippen LogP contribution in [0.4, 0.5) is 0 Å². The standard InChI is InChI=1S/C8H13O3P/c1-4-7-8(5-2)11-12(9,10)6-3/h1,5,8H,2,6-7H2,3H3,(H,9,10). The molecule has 0 rings (SSSR count). The lowest BCUT2D eigenvalue weighted by Crippen LogP contribution is -2.07. The Morgan fingerprint density at radius 2 is 2.50 bits per heavy atom. The van der Waals surface area contributed by atoms with Crippen LogP contribution in [0, 0.1) is 12.3 Å². The molecule has 0 bridgehead atoms. The van der Waals surface area contributed by atoms with Gasteiger partial charge in [0, 0.05) is 12.6 Å². The summed E-state index contributed by atoms with van der Waals surface area (Å²) in [4.78, 5) is 9.07. The minimum Gasteiger partial charge on any atom is -0.324 e. The van der Waals surface area contributed by atoms with Gasteiger partial charge in [-0.1, -0.05) is 13.0 Å². The molecule has 3 nitrogen and oxygen atoms in total. The maximum absolute atomic E-state index is 11.0. The van der Waals surface area contributed by atoms with E-state index in [9.17, 15) is 4.57 Å². The molecule has 68 valence electrons. The van der Waals surface area contributed by atoms with Gasteiger partial charge in [-0.05, 0) is 0 Å². The second kappa shape index (κ2) is 5.16. The smallest absolute Gasteiger partial charge is 0.324 e. The Morgan fingerprint density at radius 3 is 2.83 bits per heavy atom. The van der Waals surface area contributed by atoms with Crippen molar-refractivity contribution in [3.63, 3.8) is 0 Å². The second-order valence-corrected chi connectivity index (χ2v) is 4.36. The van der Waals surface area contributed by atoms with E-state index in [0.717, 1.165) is 0 Å². The van der Waals surface area contributed by atoms with Crippen molar-refractivity contribution in [3.05, 3.63) is 12.7 Å². The van der Waals surface area contributed by atoms with Crippen LogP contribution in [0.1, 0.15) is 13.3 Å². The largest absolute Gasteiger partial charge is 0.328 e. The second-order valence-electron chi connectivity index (χ2n) is 2.24. The maximum atomic E-state index is 11.0. The molecule has 0 radical (unpaired) electrons. The van der Waals surface area contributed by atoms with Crippen LogP contribution in [0.25, 0.3) is 0 Å². The van der Waals surface area contributed by atoms with Gasteiger partial charge in [0.05, 0.1) is 6.10 Å². The molecule has 0 fully saturated rings. The van der Waals surface area contributed by atoms with Crippen molar-refractivity contribution >= 4 is 7.60 Å². The molecule has 2 unspecified atom stereocenters. The molecule has 0 amide bonds. The SMILES string of the molecule is C#CCC(C=C)OP(=O)(O)CC. The first-order chi connectivity index (χ1) is 5.55. The number of hydrogen-bond acceptors (Lipinski definition) is 2. The van der Waals surface area contributed by atoms with Gasteiger partial charge in [-0.3, -0.25) is 4.57 Å². The van der Waals surface area contributed by atoms with Crippen LogP contribution in [0.5, 0.6) is 0 Å². The average molecular weight is 188 g/mol. The zero-order chi connectivity index (χ0) is 9.61. The lowest BCUT2D eigenvalue weighted by molar-refractivity contribution is 0.216. The van der Waals surface area contributed by atoms with Crippen molar-refractivity contribution in [2.45, 2.75) is 19.4 Å². The summed E-state index contributed by atoms with van der Waals surface area (Å²) in [5, 5.41) is 0. The Bertz CT molecular complexity index is 229. The van der Waals surface area contributed by atoms with Gasteiger partial charge in [0.2, 0.25) is 0 Å². The summed E-state index contributed by atoms with van der Waals surface area (Å²) in [6.45, 7) is 5.03.